The first-order valence-corrected chi connectivity index (χ1v) is 5.30. The molecule has 5 nitrogen and oxygen atoms in total. The minimum absolute atomic E-state index is 0.480. The van der Waals surface area contributed by atoms with Crippen molar-refractivity contribution in [3.63, 3.8) is 0 Å². The van der Waals surface area contributed by atoms with Gasteiger partial charge >= 0.3 is 0 Å². The first kappa shape index (κ1) is 10.9. The van der Waals surface area contributed by atoms with Crippen molar-refractivity contribution in [3.8, 4) is 0 Å². The minimum Gasteiger partial charge on any atom is -0.382 e. The molecule has 2 N–H and O–H groups in total. The van der Waals surface area contributed by atoms with Crippen LogP contribution in [0.25, 0.3) is 11.0 Å². The summed E-state index contributed by atoms with van der Waals surface area (Å²) in [5, 5.41) is 0. The summed E-state index contributed by atoms with van der Waals surface area (Å²) in [6.07, 6.45) is 1.74. The zero-order chi connectivity index (χ0) is 11.7. The lowest BCUT2D eigenvalue weighted by Crippen LogP contribution is -2.04. The van der Waals surface area contributed by atoms with E-state index in [4.69, 9.17) is 10.5 Å². The van der Waals surface area contributed by atoms with Gasteiger partial charge in [-0.05, 0) is 26.3 Å². The number of aryl methyl sites for hydroxylation is 2. The molecule has 0 amide bonds. The molecule has 2 aromatic heterocycles. The number of fused-ring (bicyclic) bond motifs is 1. The maximum Gasteiger partial charge on any atom is 0.151 e. The monoisotopic (exact) mass is 220 g/mol. The molecule has 5 heteroatoms. The van der Waals surface area contributed by atoms with Crippen molar-refractivity contribution in [1.82, 2.24) is 14.5 Å². The quantitative estimate of drug-likeness (QED) is 0.853. The fourth-order valence-corrected chi connectivity index (χ4v) is 1.74. The maximum atomic E-state index is 5.84. The molecule has 0 atom stereocenters. The average molecular weight is 220 g/mol. The van der Waals surface area contributed by atoms with Crippen LogP contribution in [-0.4, -0.2) is 21.1 Å². The summed E-state index contributed by atoms with van der Waals surface area (Å²) in [6, 6.07) is 0. The predicted octanol–water partition coefficient (Wildman–Crippen LogP) is 1.62. The second-order valence-corrected chi connectivity index (χ2v) is 3.74. The fraction of sp³-hybridized carbons (Fsp3) is 0.455. The van der Waals surface area contributed by atoms with Crippen LogP contribution < -0.4 is 5.73 Å². The van der Waals surface area contributed by atoms with Gasteiger partial charge in [0.1, 0.15) is 12.2 Å². The van der Waals surface area contributed by atoms with E-state index in [0.29, 0.717) is 19.2 Å². The van der Waals surface area contributed by atoms with Gasteiger partial charge in [-0.1, -0.05) is 0 Å². The number of nitrogens with zero attached hydrogens (tertiary/aromatic N) is 3. The van der Waals surface area contributed by atoms with Crippen molar-refractivity contribution in [1.29, 1.82) is 0 Å². The molecule has 0 fully saturated rings. The van der Waals surface area contributed by atoms with E-state index < -0.39 is 0 Å². The van der Waals surface area contributed by atoms with Gasteiger partial charge in [0.05, 0.1) is 11.8 Å². The second kappa shape index (κ2) is 4.09. The highest BCUT2D eigenvalue weighted by molar-refractivity contribution is 5.87. The number of hydrogen-bond acceptors (Lipinski definition) is 4. The number of anilines is 1. The van der Waals surface area contributed by atoms with E-state index in [0.717, 1.165) is 22.3 Å². The Balaban J connectivity index is 2.60. The first-order valence-electron chi connectivity index (χ1n) is 5.30. The van der Waals surface area contributed by atoms with E-state index in [2.05, 4.69) is 9.97 Å². The zero-order valence-corrected chi connectivity index (χ0v) is 9.82. The van der Waals surface area contributed by atoms with Crippen molar-refractivity contribution < 1.29 is 4.74 Å². The molecule has 2 aromatic rings. The number of pyridine rings is 1. The van der Waals surface area contributed by atoms with Gasteiger partial charge in [-0.3, -0.25) is 0 Å². The van der Waals surface area contributed by atoms with E-state index in [9.17, 15) is 0 Å². The second-order valence-electron chi connectivity index (χ2n) is 3.74. The van der Waals surface area contributed by atoms with Crippen molar-refractivity contribution in [2.75, 3.05) is 12.3 Å². The van der Waals surface area contributed by atoms with Crippen LogP contribution in [0.5, 0.6) is 0 Å². The smallest absolute Gasteiger partial charge is 0.151 e. The molecule has 0 saturated heterocycles. The van der Waals surface area contributed by atoms with Gasteiger partial charge < -0.3 is 15.0 Å². The fourth-order valence-electron chi connectivity index (χ4n) is 1.74. The standard InChI is InChI=1S/C11H16N4O/c1-4-16-6-15-5-13-9-10(15)7(2)8(3)14-11(9)12/h5H,4,6H2,1-3H3,(H2,12,14). The SMILES string of the molecule is CCOCn1cnc2c(N)nc(C)c(C)c21. The van der Waals surface area contributed by atoms with E-state index in [-0.39, 0.29) is 0 Å². The molecule has 86 valence electrons. The Morgan fingerprint density at radius 3 is 2.88 bits per heavy atom. The van der Waals surface area contributed by atoms with Gasteiger partial charge in [0, 0.05) is 12.3 Å². The lowest BCUT2D eigenvalue weighted by molar-refractivity contribution is 0.0904. The van der Waals surface area contributed by atoms with Crippen LogP contribution in [0, 0.1) is 13.8 Å². The maximum absolute atomic E-state index is 5.84. The molecule has 0 saturated carbocycles. The van der Waals surface area contributed by atoms with Crippen LogP contribution in [0.15, 0.2) is 6.33 Å². The summed E-state index contributed by atoms with van der Waals surface area (Å²) >= 11 is 0. The van der Waals surface area contributed by atoms with E-state index in [1.54, 1.807) is 6.33 Å². The summed E-state index contributed by atoms with van der Waals surface area (Å²) in [6.45, 7) is 7.11. The number of ether oxygens (including phenoxy) is 1. The van der Waals surface area contributed by atoms with Crippen LogP contribution in [0.3, 0.4) is 0 Å². The van der Waals surface area contributed by atoms with Crippen LogP contribution in [0.4, 0.5) is 5.82 Å². The summed E-state index contributed by atoms with van der Waals surface area (Å²) in [5.41, 5.74) is 9.64. The molecule has 2 rings (SSSR count). The highest BCUT2D eigenvalue weighted by Gasteiger charge is 2.11. The molecular formula is C11H16N4O. The lowest BCUT2D eigenvalue weighted by atomic mass is 10.2. The van der Waals surface area contributed by atoms with Crippen LogP contribution in [0.1, 0.15) is 18.2 Å². The summed E-state index contributed by atoms with van der Waals surface area (Å²) < 4.78 is 7.34. The molecule has 0 unspecified atom stereocenters. The highest BCUT2D eigenvalue weighted by Crippen LogP contribution is 2.23. The Morgan fingerprint density at radius 2 is 2.19 bits per heavy atom. The van der Waals surface area contributed by atoms with E-state index in [1.807, 2.05) is 25.3 Å². The van der Waals surface area contributed by atoms with Gasteiger partial charge in [-0.25, -0.2) is 9.97 Å². The molecular weight excluding hydrogens is 204 g/mol. The molecule has 16 heavy (non-hydrogen) atoms. The van der Waals surface area contributed by atoms with Gasteiger partial charge in [-0.2, -0.15) is 0 Å². The zero-order valence-electron chi connectivity index (χ0n) is 9.82. The molecule has 0 aliphatic heterocycles. The van der Waals surface area contributed by atoms with Gasteiger partial charge in [0.2, 0.25) is 0 Å². The largest absolute Gasteiger partial charge is 0.382 e. The normalized spacial score (nSPS) is 11.2. The van der Waals surface area contributed by atoms with Crippen molar-refractivity contribution in [3.05, 3.63) is 17.6 Å². The molecule has 2 heterocycles. The Kier molecular flexibility index (Phi) is 2.78. The number of nitrogens with two attached hydrogens (primary N) is 1. The minimum atomic E-state index is 0.480. The Labute approximate surface area is 94.2 Å². The number of hydrogen-bond donors (Lipinski definition) is 1. The lowest BCUT2D eigenvalue weighted by Gasteiger charge is -2.08. The highest BCUT2D eigenvalue weighted by atomic mass is 16.5. The first-order chi connectivity index (χ1) is 7.65. The number of nitrogen functional groups attached to an aromatic ring is 1. The van der Waals surface area contributed by atoms with Crippen molar-refractivity contribution in [2.45, 2.75) is 27.5 Å². The number of rotatable bonds is 3. The Hall–Kier alpha value is -1.62. The third kappa shape index (κ3) is 1.63. The summed E-state index contributed by atoms with van der Waals surface area (Å²) in [4.78, 5) is 8.52. The molecule has 0 aromatic carbocycles. The van der Waals surface area contributed by atoms with Crippen LogP contribution >= 0.6 is 0 Å². The van der Waals surface area contributed by atoms with Crippen LogP contribution in [0.2, 0.25) is 0 Å². The molecule has 0 aliphatic rings. The van der Waals surface area contributed by atoms with Crippen molar-refractivity contribution in [2.24, 2.45) is 0 Å². The Morgan fingerprint density at radius 1 is 1.44 bits per heavy atom. The topological polar surface area (TPSA) is 66.0 Å². The molecule has 0 radical (unpaired) electrons. The van der Waals surface area contributed by atoms with E-state index >= 15 is 0 Å². The number of imidazole rings is 1. The van der Waals surface area contributed by atoms with Gasteiger partial charge in [0.25, 0.3) is 0 Å². The Bertz CT molecular complexity index is 518. The molecule has 0 spiro atoms. The van der Waals surface area contributed by atoms with Crippen molar-refractivity contribution >= 4 is 16.9 Å². The summed E-state index contributed by atoms with van der Waals surface area (Å²) in [5.74, 6) is 0.480. The third-order valence-corrected chi connectivity index (χ3v) is 2.70. The third-order valence-electron chi connectivity index (χ3n) is 2.70. The van der Waals surface area contributed by atoms with Crippen LogP contribution in [-0.2, 0) is 11.5 Å². The average Bonchev–Trinajstić information content (AvgIpc) is 2.67. The summed E-state index contributed by atoms with van der Waals surface area (Å²) in [7, 11) is 0. The van der Waals surface area contributed by atoms with Gasteiger partial charge in [0.15, 0.2) is 5.82 Å². The van der Waals surface area contributed by atoms with E-state index in [1.165, 1.54) is 0 Å². The number of aromatic nitrogens is 3. The van der Waals surface area contributed by atoms with Gasteiger partial charge in [-0.15, -0.1) is 0 Å². The molecule has 0 aliphatic carbocycles. The molecule has 0 bridgehead atoms. The predicted molar refractivity (Wildman–Crippen MR) is 63.0 cm³/mol.